The molecule has 0 aromatic carbocycles. The molecule has 0 saturated heterocycles. The molecule has 4 atom stereocenters. The molecular weight excluding hydrogens is 220 g/mol. The monoisotopic (exact) mass is 238 g/mol. The molecule has 0 radical (unpaired) electrons. The van der Waals surface area contributed by atoms with Crippen LogP contribution in [0.4, 0.5) is 0 Å². The minimum atomic E-state index is -0.740. The number of carbonyl (C=O) groups excluding carboxylic acids is 2. The Labute approximate surface area is 100 Å². The average Bonchev–Trinajstić information content (AvgIpc) is 2.23. The fourth-order valence-electron chi connectivity index (χ4n) is 4.79. The molecule has 4 rings (SSSR count). The third-order valence-electron chi connectivity index (χ3n) is 4.88. The van der Waals surface area contributed by atoms with Gasteiger partial charge in [-0.15, -0.1) is 0 Å². The van der Waals surface area contributed by atoms with E-state index in [4.69, 9.17) is 0 Å². The number of hydrogen-bond donors (Lipinski definition) is 1. The van der Waals surface area contributed by atoms with Gasteiger partial charge in [-0.25, -0.2) is 4.79 Å². The van der Waals surface area contributed by atoms with Crippen LogP contribution in [0.25, 0.3) is 0 Å². The second-order valence-corrected chi connectivity index (χ2v) is 6.29. The molecule has 0 aliphatic heterocycles. The van der Waals surface area contributed by atoms with Gasteiger partial charge >= 0.3 is 5.97 Å². The first-order chi connectivity index (χ1) is 7.96. The molecule has 4 aliphatic rings. The molecule has 2 unspecified atom stereocenters. The van der Waals surface area contributed by atoms with Crippen molar-refractivity contribution >= 4 is 11.8 Å². The predicted molar refractivity (Wildman–Crippen MR) is 59.1 cm³/mol. The summed E-state index contributed by atoms with van der Waals surface area (Å²) in [6, 6.07) is 0. The maximum atomic E-state index is 12.2. The molecular formula is C13H18O4. The van der Waals surface area contributed by atoms with Gasteiger partial charge in [0.2, 0.25) is 5.78 Å². The van der Waals surface area contributed by atoms with Gasteiger partial charge in [0.25, 0.3) is 0 Å². The Kier molecular flexibility index (Phi) is 2.18. The summed E-state index contributed by atoms with van der Waals surface area (Å²) < 4.78 is 4.56. The van der Waals surface area contributed by atoms with Crippen LogP contribution in [-0.4, -0.2) is 29.6 Å². The van der Waals surface area contributed by atoms with Crippen molar-refractivity contribution in [3.63, 3.8) is 0 Å². The molecule has 4 bridgehead atoms. The van der Waals surface area contributed by atoms with Gasteiger partial charge in [-0.1, -0.05) is 0 Å². The molecule has 0 amide bonds. The summed E-state index contributed by atoms with van der Waals surface area (Å²) in [6.45, 7) is 0. The number of carbonyl (C=O) groups is 2. The van der Waals surface area contributed by atoms with Crippen LogP contribution in [0, 0.1) is 17.3 Å². The zero-order valence-electron chi connectivity index (χ0n) is 10.1. The average molecular weight is 238 g/mol. The molecule has 1 N–H and O–H groups in total. The lowest BCUT2D eigenvalue weighted by Gasteiger charge is -2.59. The minimum Gasteiger partial charge on any atom is -0.463 e. The molecule has 4 aliphatic carbocycles. The molecule has 0 spiro atoms. The Morgan fingerprint density at radius 1 is 1.18 bits per heavy atom. The second-order valence-electron chi connectivity index (χ2n) is 6.29. The van der Waals surface area contributed by atoms with Crippen LogP contribution >= 0.6 is 0 Å². The Morgan fingerprint density at radius 3 is 2.24 bits per heavy atom. The van der Waals surface area contributed by atoms with E-state index in [9.17, 15) is 14.7 Å². The summed E-state index contributed by atoms with van der Waals surface area (Å²) in [5.41, 5.74) is -1.32. The lowest BCUT2D eigenvalue weighted by Crippen LogP contribution is -2.59. The van der Waals surface area contributed by atoms with E-state index in [1.54, 1.807) is 0 Å². The number of hydrogen-bond acceptors (Lipinski definition) is 4. The molecule has 4 saturated carbocycles. The van der Waals surface area contributed by atoms with E-state index in [1.807, 2.05) is 0 Å². The lowest BCUT2D eigenvalue weighted by atomic mass is 9.47. The Hall–Kier alpha value is -0.900. The lowest BCUT2D eigenvalue weighted by molar-refractivity contribution is -0.183. The van der Waals surface area contributed by atoms with E-state index in [0.717, 1.165) is 32.1 Å². The number of methoxy groups -OCH3 is 1. The summed E-state index contributed by atoms with van der Waals surface area (Å²) in [6.07, 6.45) is 4.71. The highest BCUT2D eigenvalue weighted by molar-refractivity contribution is 6.35. The molecule has 94 valence electrons. The van der Waals surface area contributed by atoms with E-state index >= 15 is 0 Å². The highest BCUT2D eigenvalue weighted by Gasteiger charge is 2.61. The maximum Gasteiger partial charge on any atom is 0.374 e. The molecule has 0 heterocycles. The van der Waals surface area contributed by atoms with Crippen molar-refractivity contribution in [2.45, 2.75) is 44.1 Å². The predicted octanol–water partition coefficient (Wildman–Crippen LogP) is 1.06. The molecule has 4 heteroatoms. The van der Waals surface area contributed by atoms with E-state index < -0.39 is 22.8 Å². The maximum absolute atomic E-state index is 12.2. The van der Waals surface area contributed by atoms with Crippen molar-refractivity contribution in [3.05, 3.63) is 0 Å². The number of ether oxygens (including phenoxy) is 1. The summed E-state index contributed by atoms with van der Waals surface area (Å²) in [5, 5.41) is 10.5. The molecule has 4 nitrogen and oxygen atoms in total. The zero-order chi connectivity index (χ0) is 12.3. The van der Waals surface area contributed by atoms with Gasteiger partial charge in [0.1, 0.15) is 0 Å². The first-order valence-electron chi connectivity index (χ1n) is 6.32. The van der Waals surface area contributed by atoms with Crippen molar-refractivity contribution < 1.29 is 19.4 Å². The summed E-state index contributed by atoms with van der Waals surface area (Å²) >= 11 is 0. The van der Waals surface area contributed by atoms with Gasteiger partial charge in [-0.2, -0.15) is 0 Å². The topological polar surface area (TPSA) is 63.6 Å². The first kappa shape index (κ1) is 11.2. The summed E-state index contributed by atoms with van der Waals surface area (Å²) in [4.78, 5) is 23.7. The van der Waals surface area contributed by atoms with E-state index in [2.05, 4.69) is 4.74 Å². The van der Waals surface area contributed by atoms with Crippen LogP contribution < -0.4 is 0 Å². The number of aliphatic hydroxyl groups is 1. The van der Waals surface area contributed by atoms with Crippen LogP contribution in [0.15, 0.2) is 0 Å². The van der Waals surface area contributed by atoms with Gasteiger partial charge in [-0.05, 0) is 50.4 Å². The van der Waals surface area contributed by atoms with Gasteiger partial charge in [0.05, 0.1) is 12.7 Å². The summed E-state index contributed by atoms with van der Waals surface area (Å²) in [7, 11) is 1.25. The van der Waals surface area contributed by atoms with E-state index in [1.165, 1.54) is 7.11 Å². The minimum absolute atomic E-state index is 0.410. The Morgan fingerprint density at radius 2 is 1.76 bits per heavy atom. The second kappa shape index (κ2) is 3.31. The van der Waals surface area contributed by atoms with Crippen LogP contribution in [0.5, 0.6) is 0 Å². The van der Waals surface area contributed by atoms with Crippen LogP contribution in [0.3, 0.4) is 0 Å². The molecule has 0 aromatic heterocycles. The van der Waals surface area contributed by atoms with E-state index in [0.29, 0.717) is 18.3 Å². The fourth-order valence-corrected chi connectivity index (χ4v) is 4.79. The van der Waals surface area contributed by atoms with E-state index in [-0.39, 0.29) is 0 Å². The van der Waals surface area contributed by atoms with Crippen LogP contribution in [0.2, 0.25) is 0 Å². The van der Waals surface area contributed by atoms with Crippen molar-refractivity contribution in [2.75, 3.05) is 7.11 Å². The Bertz CT molecular complexity index is 373. The highest BCUT2D eigenvalue weighted by atomic mass is 16.5. The highest BCUT2D eigenvalue weighted by Crippen LogP contribution is 2.61. The molecule has 4 fully saturated rings. The van der Waals surface area contributed by atoms with Crippen molar-refractivity contribution in [1.82, 2.24) is 0 Å². The number of ketones is 1. The SMILES string of the molecule is COC(=O)C(=O)C12C[C@@H]3C[C@@H](CC(O)(C3)C1)C2. The molecule has 17 heavy (non-hydrogen) atoms. The van der Waals surface area contributed by atoms with Crippen LogP contribution in [0.1, 0.15) is 38.5 Å². The largest absolute Gasteiger partial charge is 0.463 e. The Balaban J connectivity index is 1.93. The molecule has 0 aromatic rings. The smallest absolute Gasteiger partial charge is 0.374 e. The summed E-state index contributed by atoms with van der Waals surface area (Å²) in [5.74, 6) is -0.326. The van der Waals surface area contributed by atoms with Gasteiger partial charge < -0.3 is 9.84 Å². The van der Waals surface area contributed by atoms with Crippen LogP contribution in [-0.2, 0) is 14.3 Å². The quantitative estimate of drug-likeness (QED) is 0.577. The normalized spacial score (nSPS) is 46.9. The van der Waals surface area contributed by atoms with Gasteiger partial charge in [-0.3, -0.25) is 4.79 Å². The van der Waals surface area contributed by atoms with Crippen molar-refractivity contribution in [3.8, 4) is 0 Å². The van der Waals surface area contributed by atoms with Crippen molar-refractivity contribution in [1.29, 1.82) is 0 Å². The van der Waals surface area contributed by atoms with Crippen molar-refractivity contribution in [2.24, 2.45) is 17.3 Å². The van der Waals surface area contributed by atoms with Gasteiger partial charge in [0.15, 0.2) is 0 Å². The third kappa shape index (κ3) is 1.53. The first-order valence-corrected chi connectivity index (χ1v) is 6.32. The number of esters is 1. The van der Waals surface area contributed by atoms with Gasteiger partial charge in [0, 0.05) is 5.41 Å². The number of Topliss-reactive ketones (excluding diaryl/α,β-unsaturated/α-hetero) is 1. The third-order valence-corrected chi connectivity index (χ3v) is 4.88. The standard InChI is InChI=1S/C13H18O4/c1-17-11(15)10(14)12-3-8-2-9(4-12)6-13(16,5-8)7-12/h8-9,16H,2-7H2,1H3/t8-,9+,12?,13?. The zero-order valence-corrected chi connectivity index (χ0v) is 10.1. The fraction of sp³-hybridized carbons (Fsp3) is 0.846. The number of rotatable bonds is 2.